The number of hydrogen-bond donors (Lipinski definition) is 1. The van der Waals surface area contributed by atoms with E-state index in [0.29, 0.717) is 5.78 Å². The lowest BCUT2D eigenvalue weighted by Crippen LogP contribution is -1.96. The lowest BCUT2D eigenvalue weighted by Gasteiger charge is -1.93. The van der Waals surface area contributed by atoms with E-state index in [0.717, 1.165) is 36.9 Å². The number of nitrogens with one attached hydrogen (secondary N) is 1. The van der Waals surface area contributed by atoms with Gasteiger partial charge in [0.2, 0.25) is 0 Å². The molecule has 11 heavy (non-hydrogen) atoms. The quantitative estimate of drug-likeness (QED) is 0.562. The summed E-state index contributed by atoms with van der Waals surface area (Å²) in [5.74, 6) is 0.304. The van der Waals surface area contributed by atoms with Gasteiger partial charge in [-0.15, -0.1) is 0 Å². The molecule has 0 saturated carbocycles. The van der Waals surface area contributed by atoms with Gasteiger partial charge in [0.05, 0.1) is 0 Å². The van der Waals surface area contributed by atoms with Gasteiger partial charge in [0.15, 0.2) is 5.78 Å². The minimum Gasteiger partial charge on any atom is -0.364 e. The van der Waals surface area contributed by atoms with E-state index in [1.165, 1.54) is 0 Å². The van der Waals surface area contributed by atoms with Gasteiger partial charge in [-0.05, 0) is 25.3 Å². The van der Waals surface area contributed by atoms with Crippen molar-refractivity contribution in [2.45, 2.75) is 25.7 Å². The standard InChI is InChI=1S/C9H11NO/c11-9-4-2-1-3-8-7(9)5-6-10-8/h5-6,10H,1-4H2. The van der Waals surface area contributed by atoms with E-state index < -0.39 is 0 Å². The van der Waals surface area contributed by atoms with Crippen molar-refractivity contribution < 1.29 is 4.79 Å². The Morgan fingerprint density at radius 3 is 3.00 bits per heavy atom. The van der Waals surface area contributed by atoms with Crippen LogP contribution in [0.2, 0.25) is 0 Å². The number of Topliss-reactive ketones (excluding diaryl/α,β-unsaturated/α-hetero) is 1. The minimum atomic E-state index is 0.304. The van der Waals surface area contributed by atoms with E-state index in [-0.39, 0.29) is 0 Å². The zero-order chi connectivity index (χ0) is 7.68. The number of aromatic amines is 1. The number of rotatable bonds is 0. The Balaban J connectivity index is 2.41. The number of carbonyl (C=O) groups excluding carboxylic acids is 1. The molecule has 0 aromatic carbocycles. The fraction of sp³-hybridized carbons (Fsp3) is 0.444. The normalized spacial score (nSPS) is 17.6. The molecule has 0 unspecified atom stereocenters. The largest absolute Gasteiger partial charge is 0.364 e. The van der Waals surface area contributed by atoms with Gasteiger partial charge in [0.1, 0.15) is 0 Å². The Morgan fingerprint density at radius 2 is 2.09 bits per heavy atom. The highest BCUT2D eigenvalue weighted by molar-refractivity contribution is 5.97. The van der Waals surface area contributed by atoms with Crippen LogP contribution in [0.1, 0.15) is 35.3 Å². The molecule has 0 fully saturated rings. The van der Waals surface area contributed by atoms with Crippen molar-refractivity contribution in [1.29, 1.82) is 0 Å². The smallest absolute Gasteiger partial charge is 0.164 e. The van der Waals surface area contributed by atoms with E-state index in [1.54, 1.807) is 0 Å². The summed E-state index contributed by atoms with van der Waals surface area (Å²) in [6, 6.07) is 1.89. The Labute approximate surface area is 65.6 Å². The second kappa shape index (κ2) is 2.53. The van der Waals surface area contributed by atoms with E-state index in [9.17, 15) is 4.79 Å². The van der Waals surface area contributed by atoms with Gasteiger partial charge in [-0.1, -0.05) is 0 Å². The van der Waals surface area contributed by atoms with Crippen LogP contribution in [0, 0.1) is 0 Å². The van der Waals surface area contributed by atoms with Gasteiger partial charge in [0.25, 0.3) is 0 Å². The van der Waals surface area contributed by atoms with E-state index in [1.807, 2.05) is 12.3 Å². The molecule has 2 heteroatoms. The summed E-state index contributed by atoms with van der Waals surface area (Å²) in [7, 11) is 0. The molecule has 0 atom stereocenters. The molecule has 0 spiro atoms. The van der Waals surface area contributed by atoms with Crippen LogP contribution < -0.4 is 0 Å². The third kappa shape index (κ3) is 1.09. The molecular weight excluding hydrogens is 138 g/mol. The van der Waals surface area contributed by atoms with Crippen LogP contribution in [-0.2, 0) is 6.42 Å². The van der Waals surface area contributed by atoms with Gasteiger partial charge in [-0.3, -0.25) is 4.79 Å². The highest BCUT2D eigenvalue weighted by Crippen LogP contribution is 2.18. The maximum Gasteiger partial charge on any atom is 0.164 e. The van der Waals surface area contributed by atoms with Crippen LogP contribution >= 0.6 is 0 Å². The van der Waals surface area contributed by atoms with Gasteiger partial charge >= 0.3 is 0 Å². The highest BCUT2D eigenvalue weighted by Gasteiger charge is 2.15. The Bertz CT molecular complexity index is 275. The van der Waals surface area contributed by atoms with Gasteiger partial charge in [-0.2, -0.15) is 0 Å². The molecule has 1 aromatic rings. The minimum absolute atomic E-state index is 0.304. The first-order valence-electron chi connectivity index (χ1n) is 4.07. The summed E-state index contributed by atoms with van der Waals surface area (Å²) in [5.41, 5.74) is 2.05. The fourth-order valence-electron chi connectivity index (χ4n) is 1.59. The van der Waals surface area contributed by atoms with Crippen molar-refractivity contribution in [3.63, 3.8) is 0 Å². The van der Waals surface area contributed by atoms with Crippen molar-refractivity contribution in [2.75, 3.05) is 0 Å². The number of aryl methyl sites for hydroxylation is 1. The molecule has 0 aliphatic heterocycles. The number of aromatic nitrogens is 1. The van der Waals surface area contributed by atoms with Crippen LogP contribution in [0.25, 0.3) is 0 Å². The molecule has 0 saturated heterocycles. The van der Waals surface area contributed by atoms with Crippen LogP contribution in [0.3, 0.4) is 0 Å². The molecule has 1 aliphatic rings. The molecule has 0 bridgehead atoms. The highest BCUT2D eigenvalue weighted by atomic mass is 16.1. The average molecular weight is 149 g/mol. The number of hydrogen-bond acceptors (Lipinski definition) is 1. The lowest BCUT2D eigenvalue weighted by atomic mass is 10.1. The van der Waals surface area contributed by atoms with E-state index >= 15 is 0 Å². The molecule has 2 rings (SSSR count). The topological polar surface area (TPSA) is 32.9 Å². The summed E-state index contributed by atoms with van der Waals surface area (Å²) in [6.07, 6.45) is 5.80. The van der Waals surface area contributed by atoms with Gasteiger partial charge in [-0.25, -0.2) is 0 Å². The second-order valence-corrected chi connectivity index (χ2v) is 3.00. The number of fused-ring (bicyclic) bond motifs is 1. The van der Waals surface area contributed by atoms with Crippen LogP contribution in [-0.4, -0.2) is 10.8 Å². The van der Waals surface area contributed by atoms with Crippen LogP contribution in [0.4, 0.5) is 0 Å². The van der Waals surface area contributed by atoms with Crippen LogP contribution in [0.5, 0.6) is 0 Å². The first kappa shape index (κ1) is 6.65. The van der Waals surface area contributed by atoms with Crippen molar-refractivity contribution in [1.82, 2.24) is 4.98 Å². The number of ketones is 1. The third-order valence-corrected chi connectivity index (χ3v) is 2.21. The Hall–Kier alpha value is -1.05. The first-order chi connectivity index (χ1) is 5.38. The Kier molecular flexibility index (Phi) is 1.53. The third-order valence-electron chi connectivity index (χ3n) is 2.21. The maximum absolute atomic E-state index is 11.3. The number of carbonyl (C=O) groups is 1. The van der Waals surface area contributed by atoms with Crippen molar-refractivity contribution in [3.05, 3.63) is 23.5 Å². The van der Waals surface area contributed by atoms with Crippen LogP contribution in [0.15, 0.2) is 12.3 Å². The molecule has 1 aromatic heterocycles. The molecule has 1 aliphatic carbocycles. The summed E-state index contributed by atoms with van der Waals surface area (Å²) >= 11 is 0. The van der Waals surface area contributed by atoms with Gasteiger partial charge < -0.3 is 4.98 Å². The summed E-state index contributed by atoms with van der Waals surface area (Å²) < 4.78 is 0. The van der Waals surface area contributed by atoms with Crippen molar-refractivity contribution >= 4 is 5.78 Å². The van der Waals surface area contributed by atoms with Gasteiger partial charge in [0, 0.05) is 23.9 Å². The molecule has 2 nitrogen and oxygen atoms in total. The van der Waals surface area contributed by atoms with Crippen molar-refractivity contribution in [2.24, 2.45) is 0 Å². The zero-order valence-electron chi connectivity index (χ0n) is 6.39. The van der Waals surface area contributed by atoms with E-state index in [4.69, 9.17) is 0 Å². The number of H-pyrrole nitrogens is 1. The zero-order valence-corrected chi connectivity index (χ0v) is 6.39. The van der Waals surface area contributed by atoms with E-state index in [2.05, 4.69) is 4.98 Å². The predicted octanol–water partition coefficient (Wildman–Crippen LogP) is 1.92. The Morgan fingerprint density at radius 1 is 1.27 bits per heavy atom. The SMILES string of the molecule is O=C1CCCCc2[nH]ccc21. The summed E-state index contributed by atoms with van der Waals surface area (Å²) in [6.45, 7) is 0. The second-order valence-electron chi connectivity index (χ2n) is 3.00. The first-order valence-corrected chi connectivity index (χ1v) is 4.07. The molecule has 0 amide bonds. The monoisotopic (exact) mass is 149 g/mol. The molecular formula is C9H11NO. The summed E-state index contributed by atoms with van der Waals surface area (Å²) in [4.78, 5) is 14.5. The molecule has 1 heterocycles. The maximum atomic E-state index is 11.3. The average Bonchev–Trinajstić information content (AvgIpc) is 2.40. The predicted molar refractivity (Wildman–Crippen MR) is 42.7 cm³/mol. The molecule has 1 N–H and O–H groups in total. The lowest BCUT2D eigenvalue weighted by molar-refractivity contribution is 0.0982. The fourth-order valence-corrected chi connectivity index (χ4v) is 1.59. The van der Waals surface area contributed by atoms with Crippen molar-refractivity contribution in [3.8, 4) is 0 Å². The molecule has 58 valence electrons. The summed E-state index contributed by atoms with van der Waals surface area (Å²) in [5, 5.41) is 0. The molecule has 0 radical (unpaired) electrons.